The summed E-state index contributed by atoms with van der Waals surface area (Å²) in [6.45, 7) is 5.31. The summed E-state index contributed by atoms with van der Waals surface area (Å²) >= 11 is 0. The Labute approximate surface area is 149 Å². The number of carbonyl (C=O) groups excluding carboxylic acids is 2. The van der Waals surface area contributed by atoms with Crippen molar-refractivity contribution in [2.24, 2.45) is 0 Å². The molecule has 0 aromatic heterocycles. The molecule has 144 valence electrons. The third kappa shape index (κ3) is 4.80. The molecule has 0 radical (unpaired) electrons. The van der Waals surface area contributed by atoms with Crippen molar-refractivity contribution in [3.63, 3.8) is 0 Å². The van der Waals surface area contributed by atoms with Crippen molar-refractivity contribution in [3.05, 3.63) is 29.3 Å². The molecule has 2 N–H and O–H groups in total. The molecule has 3 amide bonds. The van der Waals surface area contributed by atoms with Crippen LogP contribution < -0.4 is 15.4 Å². The maximum atomic E-state index is 13.3. The van der Waals surface area contributed by atoms with E-state index < -0.39 is 23.8 Å². The normalized spacial score (nSPS) is 17.9. The minimum atomic E-state index is -4.57. The highest BCUT2D eigenvalue weighted by Gasteiger charge is 2.34. The van der Waals surface area contributed by atoms with Gasteiger partial charge in [-0.2, -0.15) is 13.2 Å². The van der Waals surface area contributed by atoms with Gasteiger partial charge >= 0.3 is 12.2 Å². The van der Waals surface area contributed by atoms with Gasteiger partial charge in [0.1, 0.15) is 11.8 Å². The maximum absolute atomic E-state index is 13.3. The lowest BCUT2D eigenvalue weighted by Gasteiger charge is -2.32. The van der Waals surface area contributed by atoms with Gasteiger partial charge in [-0.25, -0.2) is 4.79 Å². The number of rotatable bonds is 4. The van der Waals surface area contributed by atoms with Crippen molar-refractivity contribution in [2.45, 2.75) is 45.6 Å². The molecule has 1 aliphatic heterocycles. The number of carbonyl (C=O) groups is 2. The van der Waals surface area contributed by atoms with Gasteiger partial charge in [-0.05, 0) is 38.5 Å². The summed E-state index contributed by atoms with van der Waals surface area (Å²) in [6.07, 6.45) is -4.83. The van der Waals surface area contributed by atoms with Crippen LogP contribution in [0.3, 0.4) is 0 Å². The van der Waals surface area contributed by atoms with Crippen molar-refractivity contribution in [1.82, 2.24) is 15.5 Å². The molecule has 1 saturated heterocycles. The van der Waals surface area contributed by atoms with E-state index in [1.165, 1.54) is 17.0 Å². The zero-order chi connectivity index (χ0) is 19.5. The Hall–Kier alpha value is -2.45. The first-order valence-corrected chi connectivity index (χ1v) is 8.28. The highest BCUT2D eigenvalue weighted by Crippen LogP contribution is 2.34. The monoisotopic (exact) mass is 373 g/mol. The molecule has 0 spiro atoms. The summed E-state index contributed by atoms with van der Waals surface area (Å²) in [5, 5.41) is 5.08. The van der Waals surface area contributed by atoms with E-state index in [9.17, 15) is 22.8 Å². The number of alkyl halides is 3. The molecule has 0 saturated carbocycles. The Bertz CT molecular complexity index is 677. The summed E-state index contributed by atoms with van der Waals surface area (Å²) in [7, 11) is 0. The van der Waals surface area contributed by atoms with Gasteiger partial charge in [0.05, 0.1) is 11.7 Å². The second-order valence-electron chi connectivity index (χ2n) is 6.30. The minimum absolute atomic E-state index is 0.0731. The number of urea groups is 1. The second kappa shape index (κ2) is 7.84. The number of hydrogen-bond donors (Lipinski definition) is 2. The molecule has 0 aliphatic carbocycles. The van der Waals surface area contributed by atoms with E-state index in [0.29, 0.717) is 13.1 Å². The number of hydrogen-bond acceptors (Lipinski definition) is 3. The highest BCUT2D eigenvalue weighted by atomic mass is 19.4. The first kappa shape index (κ1) is 19.9. The molecule has 1 aliphatic rings. The van der Waals surface area contributed by atoms with Gasteiger partial charge in [0.15, 0.2) is 0 Å². The third-order valence-electron chi connectivity index (χ3n) is 3.95. The first-order chi connectivity index (χ1) is 12.1. The van der Waals surface area contributed by atoms with Crippen molar-refractivity contribution < 1.29 is 27.5 Å². The Morgan fingerprint density at radius 1 is 1.42 bits per heavy atom. The van der Waals surface area contributed by atoms with Crippen LogP contribution in [0.5, 0.6) is 5.75 Å². The third-order valence-corrected chi connectivity index (χ3v) is 3.95. The van der Waals surface area contributed by atoms with E-state index in [4.69, 9.17) is 4.74 Å². The summed E-state index contributed by atoms with van der Waals surface area (Å²) in [5.74, 6) is -0.179. The summed E-state index contributed by atoms with van der Waals surface area (Å²) in [6, 6.07) is 2.40. The average molecular weight is 373 g/mol. The quantitative estimate of drug-likeness (QED) is 0.852. The van der Waals surface area contributed by atoms with Gasteiger partial charge in [0, 0.05) is 19.6 Å². The summed E-state index contributed by atoms with van der Waals surface area (Å²) in [5.41, 5.74) is -0.934. The van der Waals surface area contributed by atoms with Gasteiger partial charge in [-0.15, -0.1) is 0 Å². The SMILES string of the molecule is CC(C)Oc1ccc(CNC(=O)N2CCNC(=O)C2C)c(C(F)(F)F)c1. The number of nitrogens with one attached hydrogen (secondary N) is 2. The molecule has 1 fully saturated rings. The zero-order valence-electron chi connectivity index (χ0n) is 14.8. The molecule has 1 aromatic rings. The molecule has 1 atom stereocenters. The van der Waals surface area contributed by atoms with Gasteiger partial charge in [-0.3, -0.25) is 4.79 Å². The maximum Gasteiger partial charge on any atom is 0.416 e. The van der Waals surface area contributed by atoms with E-state index >= 15 is 0 Å². The molecule has 9 heteroatoms. The van der Waals surface area contributed by atoms with E-state index in [-0.39, 0.29) is 29.9 Å². The Morgan fingerprint density at radius 2 is 2.12 bits per heavy atom. The van der Waals surface area contributed by atoms with Gasteiger partial charge in [0.2, 0.25) is 5.91 Å². The Balaban J connectivity index is 2.13. The number of benzene rings is 1. The minimum Gasteiger partial charge on any atom is -0.491 e. The topological polar surface area (TPSA) is 70.7 Å². The predicted molar refractivity (Wildman–Crippen MR) is 88.6 cm³/mol. The number of amides is 3. The van der Waals surface area contributed by atoms with Gasteiger partial charge in [-0.1, -0.05) is 6.07 Å². The lowest BCUT2D eigenvalue weighted by molar-refractivity contribution is -0.138. The van der Waals surface area contributed by atoms with E-state index in [1.54, 1.807) is 20.8 Å². The molecule has 26 heavy (non-hydrogen) atoms. The van der Waals surface area contributed by atoms with Crippen molar-refractivity contribution in [2.75, 3.05) is 13.1 Å². The second-order valence-corrected chi connectivity index (χ2v) is 6.30. The lowest BCUT2D eigenvalue weighted by Crippen LogP contribution is -2.58. The molecule has 6 nitrogen and oxygen atoms in total. The van der Waals surface area contributed by atoms with Crippen LogP contribution in [0.4, 0.5) is 18.0 Å². The van der Waals surface area contributed by atoms with Crippen molar-refractivity contribution >= 4 is 11.9 Å². The van der Waals surface area contributed by atoms with Crippen LogP contribution in [0.25, 0.3) is 0 Å². The first-order valence-electron chi connectivity index (χ1n) is 8.28. The van der Waals surface area contributed by atoms with Crippen LogP contribution in [0.2, 0.25) is 0 Å². The fraction of sp³-hybridized carbons (Fsp3) is 0.529. The number of piperazine rings is 1. The molecular formula is C17H22F3N3O3. The van der Waals surface area contributed by atoms with E-state index in [0.717, 1.165) is 6.07 Å². The smallest absolute Gasteiger partial charge is 0.416 e. The van der Waals surface area contributed by atoms with Crippen molar-refractivity contribution in [1.29, 1.82) is 0 Å². The Kier molecular flexibility index (Phi) is 5.99. The number of ether oxygens (including phenoxy) is 1. The molecule has 0 bridgehead atoms. The molecular weight excluding hydrogens is 351 g/mol. The molecule has 2 rings (SSSR count). The highest BCUT2D eigenvalue weighted by molar-refractivity contribution is 5.87. The zero-order valence-corrected chi connectivity index (χ0v) is 14.8. The largest absolute Gasteiger partial charge is 0.491 e. The van der Waals surface area contributed by atoms with Crippen LogP contribution in [-0.2, 0) is 17.5 Å². The van der Waals surface area contributed by atoms with E-state index in [1.807, 2.05) is 0 Å². The predicted octanol–water partition coefficient (Wildman–Crippen LogP) is 2.52. The standard InChI is InChI=1S/C17H22F3N3O3/c1-10(2)26-13-5-4-12(14(8-13)17(18,19)20)9-22-16(25)23-7-6-21-15(24)11(23)3/h4-5,8,10-11H,6-7,9H2,1-3H3,(H,21,24)(H,22,25). The number of nitrogens with zero attached hydrogens (tertiary/aromatic N) is 1. The lowest BCUT2D eigenvalue weighted by atomic mass is 10.1. The number of halogens is 3. The molecule has 1 aromatic carbocycles. The fourth-order valence-corrected chi connectivity index (χ4v) is 2.65. The average Bonchev–Trinajstić information content (AvgIpc) is 2.54. The Morgan fingerprint density at radius 3 is 2.73 bits per heavy atom. The van der Waals surface area contributed by atoms with E-state index in [2.05, 4.69) is 10.6 Å². The van der Waals surface area contributed by atoms with Crippen LogP contribution in [0.1, 0.15) is 31.9 Å². The molecule has 1 heterocycles. The van der Waals surface area contributed by atoms with Crippen LogP contribution >= 0.6 is 0 Å². The summed E-state index contributed by atoms with van der Waals surface area (Å²) in [4.78, 5) is 25.1. The fourth-order valence-electron chi connectivity index (χ4n) is 2.65. The van der Waals surface area contributed by atoms with Crippen LogP contribution in [0.15, 0.2) is 18.2 Å². The molecule has 1 unspecified atom stereocenters. The van der Waals surface area contributed by atoms with Crippen LogP contribution in [0, 0.1) is 0 Å². The van der Waals surface area contributed by atoms with Crippen LogP contribution in [-0.4, -0.2) is 42.1 Å². The van der Waals surface area contributed by atoms with Gasteiger partial charge in [0.25, 0.3) is 0 Å². The summed E-state index contributed by atoms with van der Waals surface area (Å²) < 4.78 is 45.3. The van der Waals surface area contributed by atoms with Crippen molar-refractivity contribution in [3.8, 4) is 5.75 Å². The van der Waals surface area contributed by atoms with Gasteiger partial charge < -0.3 is 20.3 Å².